The maximum atomic E-state index is 12.5. The Hall–Kier alpha value is -1.55. The summed E-state index contributed by atoms with van der Waals surface area (Å²) in [5, 5.41) is 0. The van der Waals surface area contributed by atoms with E-state index in [-0.39, 0.29) is 6.09 Å². The average molecular weight is 303 g/mol. The molecule has 1 aromatic carbocycles. The molecule has 0 saturated carbocycles. The van der Waals surface area contributed by atoms with Crippen LogP contribution in [-0.2, 0) is 11.3 Å². The molecule has 0 aromatic heterocycles. The second kappa shape index (κ2) is 7.63. The lowest BCUT2D eigenvalue weighted by Crippen LogP contribution is -3.11. The Morgan fingerprint density at radius 1 is 1.14 bits per heavy atom. The van der Waals surface area contributed by atoms with Gasteiger partial charge in [0.05, 0.1) is 25.7 Å². The van der Waals surface area contributed by atoms with Crippen molar-refractivity contribution >= 4 is 6.09 Å². The van der Waals surface area contributed by atoms with Crippen molar-refractivity contribution in [2.24, 2.45) is 0 Å². The van der Waals surface area contributed by atoms with Crippen molar-refractivity contribution in [1.29, 1.82) is 0 Å². The first-order valence-corrected chi connectivity index (χ1v) is 8.64. The Bertz CT molecular complexity index is 471. The molecule has 22 heavy (non-hydrogen) atoms. The van der Waals surface area contributed by atoms with Gasteiger partial charge in [-0.3, -0.25) is 4.90 Å². The van der Waals surface area contributed by atoms with Crippen LogP contribution in [0.4, 0.5) is 4.79 Å². The van der Waals surface area contributed by atoms with Crippen molar-refractivity contribution < 1.29 is 14.4 Å². The summed E-state index contributed by atoms with van der Waals surface area (Å²) in [6, 6.07) is 10.3. The highest BCUT2D eigenvalue weighted by Gasteiger charge is 2.31. The highest BCUT2D eigenvalue weighted by Crippen LogP contribution is 2.18. The Morgan fingerprint density at radius 2 is 1.91 bits per heavy atom. The van der Waals surface area contributed by atoms with Crippen molar-refractivity contribution in [2.75, 3.05) is 26.2 Å². The van der Waals surface area contributed by atoms with E-state index in [1.807, 2.05) is 35.2 Å². The predicted octanol–water partition coefficient (Wildman–Crippen LogP) is 1.86. The van der Waals surface area contributed by atoms with E-state index in [1.54, 1.807) is 4.90 Å². The van der Waals surface area contributed by atoms with Gasteiger partial charge in [-0.1, -0.05) is 30.3 Å². The van der Waals surface area contributed by atoms with Gasteiger partial charge in [0.15, 0.2) is 0 Å². The number of piperidine rings is 1. The van der Waals surface area contributed by atoms with Gasteiger partial charge in [-0.15, -0.1) is 0 Å². The molecule has 2 fully saturated rings. The number of nitrogens with one attached hydrogen (secondary N) is 1. The molecule has 3 rings (SSSR count). The molecule has 1 aromatic rings. The average Bonchev–Trinajstić information content (AvgIpc) is 3.07. The van der Waals surface area contributed by atoms with Gasteiger partial charge >= 0.3 is 6.09 Å². The van der Waals surface area contributed by atoms with Crippen LogP contribution in [0.2, 0.25) is 0 Å². The maximum Gasteiger partial charge on any atom is 0.410 e. The molecule has 2 aliphatic heterocycles. The normalized spacial score (nSPS) is 22.7. The molecular formula is C18H27N2O2+. The molecule has 1 N–H and O–H groups in total. The lowest BCUT2D eigenvalue weighted by atomic mass is 10.0. The van der Waals surface area contributed by atoms with E-state index in [2.05, 4.69) is 0 Å². The van der Waals surface area contributed by atoms with E-state index >= 15 is 0 Å². The summed E-state index contributed by atoms with van der Waals surface area (Å²) in [6.45, 7) is 4.86. The molecule has 1 atom stereocenters. The zero-order valence-corrected chi connectivity index (χ0v) is 13.3. The fourth-order valence-corrected chi connectivity index (χ4v) is 3.67. The van der Waals surface area contributed by atoms with Crippen LogP contribution in [0.5, 0.6) is 0 Å². The summed E-state index contributed by atoms with van der Waals surface area (Å²) in [5.41, 5.74) is 1.05. The number of nitrogens with zero attached hydrogens (tertiary/aromatic N) is 1. The van der Waals surface area contributed by atoms with Gasteiger partial charge in [0.25, 0.3) is 0 Å². The maximum absolute atomic E-state index is 12.5. The second-order valence-corrected chi connectivity index (χ2v) is 6.54. The zero-order valence-electron chi connectivity index (χ0n) is 13.3. The first kappa shape index (κ1) is 15.3. The van der Waals surface area contributed by atoms with E-state index in [4.69, 9.17) is 4.74 Å². The number of hydrogen-bond acceptors (Lipinski definition) is 2. The van der Waals surface area contributed by atoms with Crippen LogP contribution in [0.25, 0.3) is 0 Å². The Kier molecular flexibility index (Phi) is 5.33. The molecular weight excluding hydrogens is 276 g/mol. The quantitative estimate of drug-likeness (QED) is 0.921. The minimum absolute atomic E-state index is 0.132. The monoisotopic (exact) mass is 303 g/mol. The third-order valence-electron chi connectivity index (χ3n) is 4.90. The van der Waals surface area contributed by atoms with E-state index in [9.17, 15) is 4.79 Å². The van der Waals surface area contributed by atoms with Gasteiger partial charge < -0.3 is 9.64 Å². The number of rotatable bonds is 4. The summed E-state index contributed by atoms with van der Waals surface area (Å²) in [4.78, 5) is 16.1. The molecule has 1 amide bonds. The largest absolute Gasteiger partial charge is 0.445 e. The predicted molar refractivity (Wildman–Crippen MR) is 85.8 cm³/mol. The SMILES string of the molecule is O=C(OCc1ccccc1)N1CCCC[C@@H]1C[NH+]1CCCC1. The van der Waals surface area contributed by atoms with E-state index in [1.165, 1.54) is 32.4 Å². The molecule has 2 saturated heterocycles. The molecule has 0 unspecified atom stereocenters. The molecule has 2 heterocycles. The van der Waals surface area contributed by atoms with Gasteiger partial charge in [-0.05, 0) is 24.8 Å². The zero-order chi connectivity index (χ0) is 15.2. The number of benzene rings is 1. The Morgan fingerprint density at radius 3 is 2.68 bits per heavy atom. The van der Waals surface area contributed by atoms with Crippen molar-refractivity contribution in [3.63, 3.8) is 0 Å². The minimum Gasteiger partial charge on any atom is -0.445 e. The van der Waals surface area contributed by atoms with Crippen LogP contribution in [0.15, 0.2) is 30.3 Å². The highest BCUT2D eigenvalue weighted by atomic mass is 16.6. The number of quaternary nitrogens is 1. The van der Waals surface area contributed by atoms with E-state index < -0.39 is 0 Å². The number of amides is 1. The number of ether oxygens (including phenoxy) is 1. The number of likely N-dealkylation sites (tertiary alicyclic amines) is 2. The van der Waals surface area contributed by atoms with Crippen LogP contribution < -0.4 is 4.90 Å². The molecule has 120 valence electrons. The smallest absolute Gasteiger partial charge is 0.410 e. The van der Waals surface area contributed by atoms with Crippen molar-refractivity contribution in [3.05, 3.63) is 35.9 Å². The lowest BCUT2D eigenvalue weighted by molar-refractivity contribution is -0.889. The third-order valence-corrected chi connectivity index (χ3v) is 4.90. The molecule has 2 aliphatic rings. The molecule has 0 aliphatic carbocycles. The van der Waals surface area contributed by atoms with Crippen LogP contribution >= 0.6 is 0 Å². The fraction of sp³-hybridized carbons (Fsp3) is 0.611. The van der Waals surface area contributed by atoms with Gasteiger partial charge in [0.1, 0.15) is 6.61 Å². The van der Waals surface area contributed by atoms with E-state index in [0.717, 1.165) is 31.5 Å². The molecule has 0 spiro atoms. The first-order valence-electron chi connectivity index (χ1n) is 8.64. The van der Waals surface area contributed by atoms with Crippen LogP contribution in [-0.4, -0.2) is 43.2 Å². The fourth-order valence-electron chi connectivity index (χ4n) is 3.67. The minimum atomic E-state index is -0.132. The standard InChI is InChI=1S/C18H26N2O2/c21-18(22-15-16-8-2-1-3-9-16)20-13-5-4-10-17(20)14-19-11-6-7-12-19/h1-3,8-9,17H,4-7,10-15H2/p+1/t17-/m1/s1. The van der Waals surface area contributed by atoms with E-state index in [0.29, 0.717) is 12.6 Å². The number of hydrogen-bond donors (Lipinski definition) is 1. The summed E-state index contributed by atoms with van der Waals surface area (Å²) < 4.78 is 5.54. The van der Waals surface area contributed by atoms with Crippen LogP contribution in [0, 0.1) is 0 Å². The second-order valence-electron chi connectivity index (χ2n) is 6.54. The summed E-state index contributed by atoms with van der Waals surface area (Å²) in [7, 11) is 0. The summed E-state index contributed by atoms with van der Waals surface area (Å²) in [6.07, 6.45) is 6.00. The number of carbonyl (C=O) groups excluding carboxylic acids is 1. The molecule has 4 heteroatoms. The Labute approximate surface area is 133 Å². The van der Waals surface area contributed by atoms with Crippen molar-refractivity contribution in [1.82, 2.24) is 4.90 Å². The van der Waals surface area contributed by atoms with Gasteiger partial charge in [-0.25, -0.2) is 4.79 Å². The summed E-state index contributed by atoms with van der Waals surface area (Å²) >= 11 is 0. The van der Waals surface area contributed by atoms with Crippen molar-refractivity contribution in [3.8, 4) is 0 Å². The number of carbonyl (C=O) groups is 1. The van der Waals surface area contributed by atoms with Crippen LogP contribution in [0.1, 0.15) is 37.7 Å². The topological polar surface area (TPSA) is 34.0 Å². The molecule has 0 bridgehead atoms. The van der Waals surface area contributed by atoms with Gasteiger partial charge in [0, 0.05) is 19.4 Å². The molecule has 0 radical (unpaired) electrons. The van der Waals surface area contributed by atoms with Crippen LogP contribution in [0.3, 0.4) is 0 Å². The molecule has 4 nitrogen and oxygen atoms in total. The lowest BCUT2D eigenvalue weighted by Gasteiger charge is -2.35. The third kappa shape index (κ3) is 4.01. The highest BCUT2D eigenvalue weighted by molar-refractivity contribution is 5.68. The van der Waals surface area contributed by atoms with Crippen molar-refractivity contribution in [2.45, 2.75) is 44.8 Å². The Balaban J connectivity index is 1.53. The summed E-state index contributed by atoms with van der Waals surface area (Å²) in [5.74, 6) is 0. The van der Waals surface area contributed by atoms with Gasteiger partial charge in [-0.2, -0.15) is 0 Å². The van der Waals surface area contributed by atoms with Gasteiger partial charge in [0.2, 0.25) is 0 Å². The first-order chi connectivity index (χ1) is 10.8.